The van der Waals surface area contributed by atoms with Crippen molar-refractivity contribution < 1.29 is 18.7 Å². The van der Waals surface area contributed by atoms with Crippen molar-refractivity contribution >= 4 is 17.5 Å². The van der Waals surface area contributed by atoms with Gasteiger partial charge in [0.25, 0.3) is 11.5 Å². The molecule has 4 rings (SSSR count). The topological polar surface area (TPSA) is 96.8 Å². The number of methoxy groups -OCH3 is 1. The molecule has 0 unspecified atom stereocenters. The van der Waals surface area contributed by atoms with Crippen LogP contribution in [-0.4, -0.2) is 51.6 Å². The predicted molar refractivity (Wildman–Crippen MR) is 101 cm³/mol. The van der Waals surface area contributed by atoms with Crippen molar-refractivity contribution in [1.82, 2.24) is 19.5 Å². The van der Waals surface area contributed by atoms with Crippen LogP contribution in [0.2, 0.25) is 0 Å². The number of aromatic amines is 1. The highest BCUT2D eigenvalue weighted by Crippen LogP contribution is 2.34. The van der Waals surface area contributed by atoms with Gasteiger partial charge in [0, 0.05) is 37.0 Å². The van der Waals surface area contributed by atoms with Gasteiger partial charge in [-0.3, -0.25) is 19.5 Å². The van der Waals surface area contributed by atoms with Crippen molar-refractivity contribution in [2.75, 3.05) is 20.2 Å². The Bertz CT molecular complexity index is 1150. The number of rotatable bonds is 3. The van der Waals surface area contributed by atoms with Gasteiger partial charge in [-0.15, -0.1) is 0 Å². The molecule has 1 N–H and O–H groups in total. The van der Waals surface area contributed by atoms with E-state index in [0.717, 1.165) is 5.56 Å². The van der Waals surface area contributed by atoms with E-state index in [2.05, 4.69) is 10.1 Å². The average Bonchev–Trinajstić information content (AvgIpc) is 3.32. The quantitative estimate of drug-likeness (QED) is 0.675. The number of aromatic nitrogens is 3. The summed E-state index contributed by atoms with van der Waals surface area (Å²) in [5, 5.41) is 2.74. The highest BCUT2D eigenvalue weighted by atomic mass is 19.1. The van der Waals surface area contributed by atoms with Gasteiger partial charge in [0.05, 0.1) is 13.0 Å². The lowest BCUT2D eigenvalue weighted by Crippen LogP contribution is -2.30. The van der Waals surface area contributed by atoms with Gasteiger partial charge in [0.1, 0.15) is 11.4 Å². The van der Waals surface area contributed by atoms with E-state index in [0.29, 0.717) is 5.69 Å². The molecule has 150 valence electrons. The van der Waals surface area contributed by atoms with Crippen molar-refractivity contribution in [3.63, 3.8) is 0 Å². The molecule has 0 spiro atoms. The number of fused-ring (bicyclic) bond motifs is 1. The molecule has 0 saturated carbocycles. The standard InChI is InChI=1S/C20H19FN4O4/c1-11-7-17(26)25-18(23-11)14(8-22-25)19(27)24-9-15(16(10-24)20(28)29-2)12-3-5-13(21)6-4-12/h3-8,15-16,22H,9-10H2,1-2H3/t15-,16+/m1/s1. The number of carbonyl (C=O) groups is 2. The first kappa shape index (κ1) is 18.9. The summed E-state index contributed by atoms with van der Waals surface area (Å²) < 4.78 is 19.4. The number of amides is 1. The van der Waals surface area contributed by atoms with Crippen LogP contribution >= 0.6 is 0 Å². The van der Waals surface area contributed by atoms with E-state index in [1.54, 1.807) is 19.1 Å². The van der Waals surface area contributed by atoms with E-state index in [4.69, 9.17) is 4.74 Å². The molecule has 0 bridgehead atoms. The van der Waals surface area contributed by atoms with Crippen LogP contribution in [0.25, 0.3) is 5.65 Å². The number of likely N-dealkylation sites (tertiary alicyclic amines) is 1. The molecule has 1 aromatic carbocycles. The van der Waals surface area contributed by atoms with Gasteiger partial charge in [0.15, 0.2) is 5.65 Å². The third-order valence-corrected chi connectivity index (χ3v) is 5.27. The largest absolute Gasteiger partial charge is 0.469 e. The van der Waals surface area contributed by atoms with Crippen molar-refractivity contribution in [2.24, 2.45) is 5.92 Å². The minimum Gasteiger partial charge on any atom is -0.469 e. The van der Waals surface area contributed by atoms with Crippen LogP contribution in [0.5, 0.6) is 0 Å². The summed E-state index contributed by atoms with van der Waals surface area (Å²) in [6, 6.07) is 7.24. The monoisotopic (exact) mass is 398 g/mol. The third-order valence-electron chi connectivity index (χ3n) is 5.27. The minimum absolute atomic E-state index is 0.154. The number of benzene rings is 1. The number of H-pyrrole nitrogens is 1. The number of halogens is 1. The molecule has 0 aliphatic carbocycles. The number of aryl methyl sites for hydroxylation is 1. The second-order valence-electron chi connectivity index (χ2n) is 7.08. The Morgan fingerprint density at radius 3 is 2.66 bits per heavy atom. The Morgan fingerprint density at radius 2 is 1.97 bits per heavy atom. The summed E-state index contributed by atoms with van der Waals surface area (Å²) in [5.74, 6) is -2.05. The highest BCUT2D eigenvalue weighted by molar-refractivity contribution is 6.00. The van der Waals surface area contributed by atoms with Crippen molar-refractivity contribution in [3.8, 4) is 0 Å². The third kappa shape index (κ3) is 3.28. The number of carbonyl (C=O) groups excluding carboxylic acids is 2. The summed E-state index contributed by atoms with van der Waals surface area (Å²) in [4.78, 5) is 43.4. The molecular weight excluding hydrogens is 379 g/mol. The lowest BCUT2D eigenvalue weighted by molar-refractivity contribution is -0.145. The molecule has 9 heteroatoms. The van der Waals surface area contributed by atoms with Gasteiger partial charge in [-0.25, -0.2) is 13.9 Å². The SMILES string of the molecule is COC(=O)[C@H]1CN(C(=O)c2c[nH]n3c(=O)cc(C)nc23)C[C@@H]1c1ccc(F)cc1. The first-order valence-electron chi connectivity index (χ1n) is 9.09. The van der Waals surface area contributed by atoms with E-state index >= 15 is 0 Å². The summed E-state index contributed by atoms with van der Waals surface area (Å²) >= 11 is 0. The van der Waals surface area contributed by atoms with Crippen molar-refractivity contribution in [3.05, 3.63) is 69.5 Å². The summed E-state index contributed by atoms with van der Waals surface area (Å²) in [6.07, 6.45) is 1.43. The molecule has 29 heavy (non-hydrogen) atoms. The molecule has 1 saturated heterocycles. The van der Waals surface area contributed by atoms with Crippen LogP contribution in [0, 0.1) is 18.7 Å². The molecular formula is C20H19FN4O4. The number of esters is 1. The number of hydrogen-bond donors (Lipinski definition) is 1. The van der Waals surface area contributed by atoms with E-state index in [1.165, 1.54) is 40.9 Å². The maximum absolute atomic E-state index is 13.3. The lowest BCUT2D eigenvalue weighted by atomic mass is 9.89. The zero-order chi connectivity index (χ0) is 20.7. The zero-order valence-electron chi connectivity index (χ0n) is 15.9. The first-order chi connectivity index (χ1) is 13.9. The van der Waals surface area contributed by atoms with Gasteiger partial charge in [-0.1, -0.05) is 12.1 Å². The van der Waals surface area contributed by atoms with E-state index in [1.807, 2.05) is 0 Å². The summed E-state index contributed by atoms with van der Waals surface area (Å²) in [6.45, 7) is 2.09. The fraction of sp³-hybridized carbons (Fsp3) is 0.300. The van der Waals surface area contributed by atoms with Crippen LogP contribution in [0.15, 0.2) is 41.3 Å². The van der Waals surface area contributed by atoms with Crippen LogP contribution < -0.4 is 5.56 Å². The Balaban J connectivity index is 1.68. The summed E-state index contributed by atoms with van der Waals surface area (Å²) in [7, 11) is 1.30. The minimum atomic E-state index is -0.572. The molecule has 1 aliphatic rings. The zero-order valence-corrected chi connectivity index (χ0v) is 15.9. The molecule has 3 aromatic rings. The number of ether oxygens (including phenoxy) is 1. The fourth-order valence-electron chi connectivity index (χ4n) is 3.83. The Hall–Kier alpha value is -3.49. The average molecular weight is 398 g/mol. The van der Waals surface area contributed by atoms with Crippen LogP contribution in [0.4, 0.5) is 4.39 Å². The summed E-state index contributed by atoms with van der Waals surface area (Å²) in [5.41, 5.74) is 1.42. The number of nitrogens with one attached hydrogen (secondary N) is 1. The Kier molecular flexibility index (Phi) is 4.65. The molecule has 1 fully saturated rings. The molecule has 8 nitrogen and oxygen atoms in total. The Morgan fingerprint density at radius 1 is 1.24 bits per heavy atom. The lowest BCUT2D eigenvalue weighted by Gasteiger charge is -2.16. The van der Waals surface area contributed by atoms with Crippen molar-refractivity contribution in [1.29, 1.82) is 0 Å². The fourth-order valence-corrected chi connectivity index (χ4v) is 3.83. The smallest absolute Gasteiger partial charge is 0.311 e. The van der Waals surface area contributed by atoms with Gasteiger partial charge in [0.2, 0.25) is 0 Å². The highest BCUT2D eigenvalue weighted by Gasteiger charge is 2.41. The van der Waals surface area contributed by atoms with Crippen LogP contribution in [-0.2, 0) is 9.53 Å². The second-order valence-corrected chi connectivity index (χ2v) is 7.08. The normalized spacial score (nSPS) is 18.9. The van der Waals surface area contributed by atoms with E-state index in [9.17, 15) is 18.8 Å². The predicted octanol–water partition coefficient (Wildman–Crippen LogP) is 1.50. The molecule has 0 radical (unpaired) electrons. The molecule has 1 aliphatic heterocycles. The van der Waals surface area contributed by atoms with Crippen molar-refractivity contribution in [2.45, 2.75) is 12.8 Å². The van der Waals surface area contributed by atoms with Crippen LogP contribution in [0.3, 0.4) is 0 Å². The molecule has 2 atom stereocenters. The second kappa shape index (κ2) is 7.16. The number of hydrogen-bond acceptors (Lipinski definition) is 5. The van der Waals surface area contributed by atoms with Gasteiger partial charge < -0.3 is 9.64 Å². The van der Waals surface area contributed by atoms with Gasteiger partial charge in [-0.2, -0.15) is 0 Å². The molecule has 2 aromatic heterocycles. The van der Waals surface area contributed by atoms with Gasteiger partial charge in [-0.05, 0) is 24.6 Å². The maximum atomic E-state index is 13.3. The van der Waals surface area contributed by atoms with E-state index < -0.39 is 11.9 Å². The number of nitrogens with zero attached hydrogens (tertiary/aromatic N) is 3. The van der Waals surface area contributed by atoms with Crippen LogP contribution in [0.1, 0.15) is 27.5 Å². The maximum Gasteiger partial charge on any atom is 0.311 e. The Labute approximate surface area is 164 Å². The van der Waals surface area contributed by atoms with E-state index in [-0.39, 0.29) is 47.5 Å². The molecule has 3 heterocycles. The van der Waals surface area contributed by atoms with Gasteiger partial charge >= 0.3 is 5.97 Å². The molecule has 1 amide bonds. The first-order valence-corrected chi connectivity index (χ1v) is 9.09.